The molecule has 3 rings (SSSR count). The standard InChI is InChI=1S/C22H25NO2/c1-4-10-18-20-17(16-12-8-7-11-15(16)5-2)13-9-14-19(20)23-21(18)22(24)25-6-3/h7-9,11-14,23H,4-6,10H2,1-3H3. The lowest BCUT2D eigenvalue weighted by Crippen LogP contribution is -2.07. The summed E-state index contributed by atoms with van der Waals surface area (Å²) in [7, 11) is 0. The maximum Gasteiger partial charge on any atom is 0.355 e. The third-order valence-electron chi connectivity index (χ3n) is 4.60. The molecule has 3 nitrogen and oxygen atoms in total. The molecule has 0 spiro atoms. The van der Waals surface area contributed by atoms with Crippen LogP contribution in [0.2, 0.25) is 0 Å². The van der Waals surface area contributed by atoms with Crippen molar-refractivity contribution < 1.29 is 9.53 Å². The van der Waals surface area contributed by atoms with Gasteiger partial charge in [0, 0.05) is 10.9 Å². The van der Waals surface area contributed by atoms with Gasteiger partial charge in [0.15, 0.2) is 0 Å². The molecule has 25 heavy (non-hydrogen) atoms. The molecule has 0 fully saturated rings. The molecule has 130 valence electrons. The van der Waals surface area contributed by atoms with Crippen molar-refractivity contribution >= 4 is 16.9 Å². The number of carbonyl (C=O) groups is 1. The van der Waals surface area contributed by atoms with E-state index in [2.05, 4.69) is 49.2 Å². The summed E-state index contributed by atoms with van der Waals surface area (Å²) in [5.74, 6) is -0.267. The summed E-state index contributed by atoms with van der Waals surface area (Å²) < 4.78 is 5.26. The van der Waals surface area contributed by atoms with Crippen LogP contribution in [0.15, 0.2) is 42.5 Å². The van der Waals surface area contributed by atoms with Crippen LogP contribution < -0.4 is 0 Å². The highest BCUT2D eigenvalue weighted by Crippen LogP contribution is 2.35. The average molecular weight is 335 g/mol. The highest BCUT2D eigenvalue weighted by Gasteiger charge is 2.21. The molecule has 2 aromatic carbocycles. The van der Waals surface area contributed by atoms with Crippen molar-refractivity contribution in [1.29, 1.82) is 0 Å². The topological polar surface area (TPSA) is 42.1 Å². The number of hydrogen-bond acceptors (Lipinski definition) is 2. The van der Waals surface area contributed by atoms with Gasteiger partial charge < -0.3 is 9.72 Å². The molecule has 3 aromatic rings. The van der Waals surface area contributed by atoms with Crippen LogP contribution in [-0.2, 0) is 17.6 Å². The number of hydrogen-bond donors (Lipinski definition) is 1. The van der Waals surface area contributed by atoms with Crippen LogP contribution in [0.1, 0.15) is 48.8 Å². The molecule has 0 atom stereocenters. The molecule has 0 bridgehead atoms. The van der Waals surface area contributed by atoms with Crippen molar-refractivity contribution in [3.8, 4) is 11.1 Å². The predicted octanol–water partition coefficient (Wildman–Crippen LogP) is 5.53. The van der Waals surface area contributed by atoms with E-state index in [-0.39, 0.29) is 5.97 Å². The van der Waals surface area contributed by atoms with Gasteiger partial charge >= 0.3 is 5.97 Å². The summed E-state index contributed by atoms with van der Waals surface area (Å²) in [4.78, 5) is 15.7. The summed E-state index contributed by atoms with van der Waals surface area (Å²) >= 11 is 0. The first kappa shape index (κ1) is 17.3. The molecule has 0 aliphatic carbocycles. The van der Waals surface area contributed by atoms with E-state index >= 15 is 0 Å². The second-order valence-electron chi connectivity index (χ2n) is 6.19. The monoisotopic (exact) mass is 335 g/mol. The molecule has 3 heteroatoms. The van der Waals surface area contributed by atoms with Crippen LogP contribution in [0.5, 0.6) is 0 Å². The Hall–Kier alpha value is -2.55. The number of aromatic nitrogens is 1. The van der Waals surface area contributed by atoms with Gasteiger partial charge in [0.05, 0.1) is 6.61 Å². The molecule has 0 radical (unpaired) electrons. The van der Waals surface area contributed by atoms with Gasteiger partial charge in [0.2, 0.25) is 0 Å². The summed E-state index contributed by atoms with van der Waals surface area (Å²) in [6.45, 7) is 6.53. The van der Waals surface area contributed by atoms with Crippen molar-refractivity contribution in [3.05, 3.63) is 59.3 Å². The molecule has 1 N–H and O–H groups in total. The zero-order chi connectivity index (χ0) is 17.8. The Kier molecular flexibility index (Phi) is 5.22. The highest BCUT2D eigenvalue weighted by atomic mass is 16.5. The van der Waals surface area contributed by atoms with Gasteiger partial charge in [0.1, 0.15) is 5.69 Å². The van der Waals surface area contributed by atoms with E-state index in [0.717, 1.165) is 35.7 Å². The minimum absolute atomic E-state index is 0.267. The summed E-state index contributed by atoms with van der Waals surface area (Å²) in [6, 6.07) is 14.7. The fourth-order valence-corrected chi connectivity index (χ4v) is 3.51. The van der Waals surface area contributed by atoms with Crippen molar-refractivity contribution in [2.24, 2.45) is 0 Å². The first-order valence-corrected chi connectivity index (χ1v) is 9.10. The van der Waals surface area contributed by atoms with Crippen LogP contribution in [0, 0.1) is 0 Å². The zero-order valence-electron chi connectivity index (χ0n) is 15.2. The maximum atomic E-state index is 12.4. The second kappa shape index (κ2) is 7.56. The highest BCUT2D eigenvalue weighted by molar-refractivity contribution is 6.05. The predicted molar refractivity (Wildman–Crippen MR) is 103 cm³/mol. The Morgan fingerprint density at radius 3 is 2.48 bits per heavy atom. The molecule has 0 unspecified atom stereocenters. The van der Waals surface area contributed by atoms with Crippen LogP contribution >= 0.6 is 0 Å². The van der Waals surface area contributed by atoms with Crippen LogP contribution in [0.3, 0.4) is 0 Å². The summed E-state index contributed by atoms with van der Waals surface area (Å²) in [5.41, 5.74) is 6.40. The zero-order valence-corrected chi connectivity index (χ0v) is 15.2. The third kappa shape index (κ3) is 3.19. The number of carbonyl (C=O) groups excluding carboxylic acids is 1. The lowest BCUT2D eigenvalue weighted by molar-refractivity contribution is 0.0519. The van der Waals surface area contributed by atoms with Crippen molar-refractivity contribution in [2.75, 3.05) is 6.61 Å². The van der Waals surface area contributed by atoms with Gasteiger partial charge in [-0.25, -0.2) is 4.79 Å². The number of aromatic amines is 1. The maximum absolute atomic E-state index is 12.4. The van der Waals surface area contributed by atoms with E-state index in [4.69, 9.17) is 4.74 Å². The molecular weight excluding hydrogens is 310 g/mol. The van der Waals surface area contributed by atoms with Crippen molar-refractivity contribution in [2.45, 2.75) is 40.0 Å². The second-order valence-corrected chi connectivity index (χ2v) is 6.19. The Balaban J connectivity index is 2.29. The number of ether oxygens (including phenoxy) is 1. The average Bonchev–Trinajstić information content (AvgIpc) is 3.01. The summed E-state index contributed by atoms with van der Waals surface area (Å²) in [6.07, 6.45) is 2.80. The van der Waals surface area contributed by atoms with E-state index in [0.29, 0.717) is 12.3 Å². The van der Waals surface area contributed by atoms with E-state index < -0.39 is 0 Å². The van der Waals surface area contributed by atoms with Gasteiger partial charge in [-0.15, -0.1) is 0 Å². The Morgan fingerprint density at radius 2 is 1.76 bits per heavy atom. The fourth-order valence-electron chi connectivity index (χ4n) is 3.51. The van der Waals surface area contributed by atoms with Gasteiger partial charge in [-0.3, -0.25) is 0 Å². The Labute approximate surface area is 149 Å². The summed E-state index contributed by atoms with van der Waals surface area (Å²) in [5, 5.41) is 1.15. The number of H-pyrrole nitrogens is 1. The number of fused-ring (bicyclic) bond motifs is 1. The molecule has 0 amide bonds. The molecule has 1 aromatic heterocycles. The smallest absolute Gasteiger partial charge is 0.355 e. The van der Waals surface area contributed by atoms with E-state index in [1.54, 1.807) is 0 Å². The number of aryl methyl sites for hydroxylation is 2. The van der Waals surface area contributed by atoms with Crippen molar-refractivity contribution in [1.82, 2.24) is 4.98 Å². The lowest BCUT2D eigenvalue weighted by Gasteiger charge is -2.11. The first-order chi connectivity index (χ1) is 12.2. The number of esters is 1. The minimum atomic E-state index is -0.267. The minimum Gasteiger partial charge on any atom is -0.461 e. The SMILES string of the molecule is CCCc1c(C(=O)OCC)[nH]c2cccc(-c3ccccc3CC)c12. The van der Waals surface area contributed by atoms with Crippen molar-refractivity contribution in [3.63, 3.8) is 0 Å². The molecule has 0 saturated carbocycles. The number of rotatable bonds is 6. The molecule has 0 aliphatic rings. The van der Waals surface area contributed by atoms with E-state index in [1.165, 1.54) is 16.7 Å². The normalized spacial score (nSPS) is 11.0. The van der Waals surface area contributed by atoms with Gasteiger partial charge in [-0.2, -0.15) is 0 Å². The largest absolute Gasteiger partial charge is 0.461 e. The Bertz CT molecular complexity index is 892. The molecule has 0 aliphatic heterocycles. The fraction of sp³-hybridized carbons (Fsp3) is 0.318. The molecular formula is C22H25NO2. The van der Waals surface area contributed by atoms with Crippen LogP contribution in [0.25, 0.3) is 22.0 Å². The number of benzene rings is 2. The molecule has 0 saturated heterocycles. The Morgan fingerprint density at radius 1 is 1.00 bits per heavy atom. The lowest BCUT2D eigenvalue weighted by atomic mass is 9.92. The number of nitrogens with one attached hydrogen (secondary N) is 1. The van der Waals surface area contributed by atoms with Gasteiger partial charge in [0.25, 0.3) is 0 Å². The van der Waals surface area contributed by atoms with Gasteiger partial charge in [-0.1, -0.05) is 56.7 Å². The van der Waals surface area contributed by atoms with E-state index in [9.17, 15) is 4.79 Å². The quantitative estimate of drug-likeness (QED) is 0.602. The molecule has 1 heterocycles. The van der Waals surface area contributed by atoms with Gasteiger partial charge in [-0.05, 0) is 48.1 Å². The first-order valence-electron chi connectivity index (χ1n) is 9.10. The van der Waals surface area contributed by atoms with E-state index in [1.807, 2.05) is 19.1 Å². The van der Waals surface area contributed by atoms with Crippen LogP contribution in [0.4, 0.5) is 0 Å². The van der Waals surface area contributed by atoms with Crippen LogP contribution in [-0.4, -0.2) is 17.6 Å². The third-order valence-corrected chi connectivity index (χ3v) is 4.60.